The molecule has 1 rings (SSSR count). The van der Waals surface area contributed by atoms with Crippen molar-refractivity contribution >= 4 is 11.8 Å². The number of thioether (sulfide) groups is 1. The molecule has 0 bridgehead atoms. The summed E-state index contributed by atoms with van der Waals surface area (Å²) in [7, 11) is 1.76. The fraction of sp³-hybridized carbons (Fsp3) is 0.571. The Morgan fingerprint density at radius 2 is 2.12 bits per heavy atom. The van der Waals surface area contributed by atoms with Crippen LogP contribution in [0.25, 0.3) is 0 Å². The molecule has 1 unspecified atom stereocenters. The van der Waals surface area contributed by atoms with E-state index in [9.17, 15) is 0 Å². The molecular weight excluding hydrogens is 230 g/mol. The number of aryl methyl sites for hydroxylation is 1. The van der Waals surface area contributed by atoms with Crippen LogP contribution in [0.5, 0.6) is 0 Å². The molecule has 2 nitrogen and oxygen atoms in total. The maximum atomic E-state index is 5.24. The first kappa shape index (κ1) is 14.6. The van der Waals surface area contributed by atoms with Crippen LogP contribution >= 0.6 is 11.8 Å². The van der Waals surface area contributed by atoms with Crippen LogP contribution in [0.15, 0.2) is 29.2 Å². The quantitative estimate of drug-likeness (QED) is 0.719. The van der Waals surface area contributed by atoms with E-state index >= 15 is 0 Å². The maximum Gasteiger partial charge on any atom is 0.0624 e. The van der Waals surface area contributed by atoms with Crippen LogP contribution in [0, 0.1) is 6.92 Å². The van der Waals surface area contributed by atoms with Crippen molar-refractivity contribution in [2.45, 2.75) is 31.2 Å². The van der Waals surface area contributed by atoms with Gasteiger partial charge in [0, 0.05) is 23.8 Å². The number of benzene rings is 1. The number of hydrogen-bond acceptors (Lipinski definition) is 3. The fourth-order valence-corrected chi connectivity index (χ4v) is 2.69. The summed E-state index contributed by atoms with van der Waals surface area (Å²) >= 11 is 1.90. The molecule has 0 spiro atoms. The lowest BCUT2D eigenvalue weighted by Gasteiger charge is -2.17. The van der Waals surface area contributed by atoms with Gasteiger partial charge in [-0.1, -0.05) is 25.1 Å². The summed E-state index contributed by atoms with van der Waals surface area (Å²) in [6.07, 6.45) is 1.16. The van der Waals surface area contributed by atoms with Gasteiger partial charge in [0.25, 0.3) is 0 Å². The topological polar surface area (TPSA) is 21.3 Å². The predicted octanol–water partition coefficient (Wildman–Crippen LogP) is 3.10. The second-order valence-electron chi connectivity index (χ2n) is 4.18. The highest BCUT2D eigenvalue weighted by Crippen LogP contribution is 2.22. The second kappa shape index (κ2) is 8.56. The lowest BCUT2D eigenvalue weighted by atomic mass is 10.2. The SMILES string of the molecule is CCCNC(COC)CSc1ccccc1C. The fourth-order valence-electron chi connectivity index (χ4n) is 1.62. The molecule has 0 heterocycles. The van der Waals surface area contributed by atoms with Gasteiger partial charge in [0.05, 0.1) is 6.61 Å². The molecule has 0 amide bonds. The van der Waals surface area contributed by atoms with Crippen molar-refractivity contribution in [2.24, 2.45) is 0 Å². The van der Waals surface area contributed by atoms with Gasteiger partial charge in [-0.2, -0.15) is 0 Å². The molecule has 96 valence electrons. The van der Waals surface area contributed by atoms with E-state index in [0.717, 1.165) is 25.3 Å². The Kier molecular flexibility index (Phi) is 7.33. The minimum absolute atomic E-state index is 0.435. The molecule has 0 aliphatic rings. The smallest absolute Gasteiger partial charge is 0.0624 e. The lowest BCUT2D eigenvalue weighted by molar-refractivity contribution is 0.174. The first-order chi connectivity index (χ1) is 8.27. The summed E-state index contributed by atoms with van der Waals surface area (Å²) in [5.41, 5.74) is 1.35. The highest BCUT2D eigenvalue weighted by atomic mass is 32.2. The van der Waals surface area contributed by atoms with Crippen molar-refractivity contribution < 1.29 is 4.74 Å². The Morgan fingerprint density at radius 1 is 1.35 bits per heavy atom. The van der Waals surface area contributed by atoms with E-state index in [0.29, 0.717) is 6.04 Å². The highest BCUT2D eigenvalue weighted by Gasteiger charge is 2.08. The van der Waals surface area contributed by atoms with Gasteiger partial charge < -0.3 is 10.1 Å². The Bertz CT molecular complexity index is 317. The maximum absolute atomic E-state index is 5.24. The van der Waals surface area contributed by atoms with E-state index in [1.165, 1.54) is 10.5 Å². The highest BCUT2D eigenvalue weighted by molar-refractivity contribution is 7.99. The number of rotatable bonds is 8. The molecule has 1 atom stereocenters. The zero-order valence-corrected chi connectivity index (χ0v) is 11.8. The average molecular weight is 253 g/mol. The van der Waals surface area contributed by atoms with Gasteiger partial charge >= 0.3 is 0 Å². The van der Waals surface area contributed by atoms with Gasteiger partial charge in [-0.3, -0.25) is 0 Å². The van der Waals surface area contributed by atoms with Crippen LogP contribution in [0.3, 0.4) is 0 Å². The summed E-state index contributed by atoms with van der Waals surface area (Å²) in [6, 6.07) is 8.96. The van der Waals surface area contributed by atoms with E-state index in [2.05, 4.69) is 43.4 Å². The second-order valence-corrected chi connectivity index (χ2v) is 5.24. The van der Waals surface area contributed by atoms with Gasteiger partial charge in [0.1, 0.15) is 0 Å². The van der Waals surface area contributed by atoms with Gasteiger partial charge in [0.2, 0.25) is 0 Å². The minimum Gasteiger partial charge on any atom is -0.383 e. The molecule has 0 saturated heterocycles. The lowest BCUT2D eigenvalue weighted by Crippen LogP contribution is -2.35. The van der Waals surface area contributed by atoms with E-state index in [1.54, 1.807) is 7.11 Å². The third kappa shape index (κ3) is 5.57. The summed E-state index contributed by atoms with van der Waals surface area (Å²) in [4.78, 5) is 1.37. The van der Waals surface area contributed by atoms with E-state index in [-0.39, 0.29) is 0 Å². The van der Waals surface area contributed by atoms with Crippen LogP contribution in [-0.4, -0.2) is 32.1 Å². The van der Waals surface area contributed by atoms with E-state index < -0.39 is 0 Å². The first-order valence-corrected chi connectivity index (χ1v) is 7.17. The Balaban J connectivity index is 2.42. The molecule has 17 heavy (non-hydrogen) atoms. The molecule has 0 aromatic heterocycles. The predicted molar refractivity (Wildman–Crippen MR) is 75.9 cm³/mol. The van der Waals surface area contributed by atoms with E-state index in [1.807, 2.05) is 11.8 Å². The zero-order valence-electron chi connectivity index (χ0n) is 11.0. The average Bonchev–Trinajstić information content (AvgIpc) is 2.34. The van der Waals surface area contributed by atoms with Gasteiger partial charge in [-0.15, -0.1) is 11.8 Å². The van der Waals surface area contributed by atoms with Crippen molar-refractivity contribution in [3.05, 3.63) is 29.8 Å². The third-order valence-corrected chi connectivity index (χ3v) is 3.92. The minimum atomic E-state index is 0.435. The number of methoxy groups -OCH3 is 1. The van der Waals surface area contributed by atoms with Crippen molar-refractivity contribution in [3.8, 4) is 0 Å². The molecule has 0 aliphatic carbocycles. The van der Waals surface area contributed by atoms with Crippen LogP contribution in [0.1, 0.15) is 18.9 Å². The van der Waals surface area contributed by atoms with Gasteiger partial charge in [-0.05, 0) is 31.5 Å². The number of hydrogen-bond donors (Lipinski definition) is 1. The van der Waals surface area contributed by atoms with Gasteiger partial charge in [-0.25, -0.2) is 0 Å². The molecule has 0 radical (unpaired) electrons. The van der Waals surface area contributed by atoms with Crippen LogP contribution < -0.4 is 5.32 Å². The van der Waals surface area contributed by atoms with Crippen molar-refractivity contribution in [3.63, 3.8) is 0 Å². The Hall–Kier alpha value is -0.510. The van der Waals surface area contributed by atoms with E-state index in [4.69, 9.17) is 4.74 Å². The van der Waals surface area contributed by atoms with Crippen molar-refractivity contribution in [2.75, 3.05) is 26.0 Å². The number of nitrogens with one attached hydrogen (secondary N) is 1. The van der Waals surface area contributed by atoms with Gasteiger partial charge in [0.15, 0.2) is 0 Å². The van der Waals surface area contributed by atoms with Crippen LogP contribution in [0.2, 0.25) is 0 Å². The largest absolute Gasteiger partial charge is 0.383 e. The Labute approximate surface area is 109 Å². The third-order valence-electron chi connectivity index (χ3n) is 2.58. The molecule has 3 heteroatoms. The molecule has 0 aliphatic heterocycles. The molecule has 0 fully saturated rings. The molecule has 1 N–H and O–H groups in total. The van der Waals surface area contributed by atoms with Crippen molar-refractivity contribution in [1.82, 2.24) is 5.32 Å². The molecule has 1 aromatic carbocycles. The zero-order chi connectivity index (χ0) is 12.5. The summed E-state index contributed by atoms with van der Waals surface area (Å²) in [6.45, 7) is 6.18. The number of ether oxygens (including phenoxy) is 1. The monoisotopic (exact) mass is 253 g/mol. The summed E-state index contributed by atoms with van der Waals surface area (Å²) in [5.74, 6) is 1.05. The van der Waals surface area contributed by atoms with Crippen LogP contribution in [0.4, 0.5) is 0 Å². The molecule has 0 saturated carbocycles. The summed E-state index contributed by atoms with van der Waals surface area (Å²) in [5, 5.41) is 3.51. The van der Waals surface area contributed by atoms with Crippen LogP contribution in [-0.2, 0) is 4.74 Å². The first-order valence-electron chi connectivity index (χ1n) is 6.18. The molecule has 1 aromatic rings. The Morgan fingerprint density at radius 3 is 2.76 bits per heavy atom. The summed E-state index contributed by atoms with van der Waals surface area (Å²) < 4.78 is 5.24. The van der Waals surface area contributed by atoms with Crippen molar-refractivity contribution in [1.29, 1.82) is 0 Å². The standard InChI is InChI=1S/C14H23NOS/c1-4-9-15-13(10-16-3)11-17-14-8-6-5-7-12(14)2/h5-8,13,15H,4,9-11H2,1-3H3. The molecular formula is C14H23NOS. The normalized spacial score (nSPS) is 12.6.